The summed E-state index contributed by atoms with van der Waals surface area (Å²) in [7, 11) is 1.53. The number of halogens is 1. The second-order valence-electron chi connectivity index (χ2n) is 9.25. The average Bonchev–Trinajstić information content (AvgIpc) is 3.63. The minimum atomic E-state index is -1.19. The van der Waals surface area contributed by atoms with Crippen LogP contribution in [0.5, 0.6) is 11.5 Å². The van der Waals surface area contributed by atoms with Gasteiger partial charge in [-0.3, -0.25) is 4.79 Å². The first-order valence-electron chi connectivity index (χ1n) is 11.4. The summed E-state index contributed by atoms with van der Waals surface area (Å²) in [6, 6.07) is 12.3. The lowest BCUT2D eigenvalue weighted by atomic mass is 9.75. The van der Waals surface area contributed by atoms with E-state index in [1.54, 1.807) is 12.1 Å². The summed E-state index contributed by atoms with van der Waals surface area (Å²) in [5.41, 5.74) is 0.135. The fourth-order valence-corrected chi connectivity index (χ4v) is 4.87. The summed E-state index contributed by atoms with van der Waals surface area (Å²) >= 11 is 0. The maximum absolute atomic E-state index is 14.4. The largest absolute Gasteiger partial charge is 0.497 e. The van der Waals surface area contributed by atoms with Crippen molar-refractivity contribution in [2.24, 2.45) is 11.8 Å². The minimum Gasteiger partial charge on any atom is -0.497 e. The van der Waals surface area contributed by atoms with Gasteiger partial charge >= 0.3 is 5.97 Å². The molecule has 1 unspecified atom stereocenters. The Bertz CT molecular complexity index is 947. The summed E-state index contributed by atoms with van der Waals surface area (Å²) in [6.45, 7) is 0.521. The van der Waals surface area contributed by atoms with Gasteiger partial charge in [0.2, 0.25) is 0 Å². The molecule has 0 aliphatic heterocycles. The molecule has 2 aromatic rings. The monoisotopic (exact) mass is 442 g/mol. The predicted molar refractivity (Wildman–Crippen MR) is 118 cm³/mol. The van der Waals surface area contributed by atoms with Crippen molar-refractivity contribution in [2.75, 3.05) is 13.7 Å². The zero-order chi connectivity index (χ0) is 22.7. The van der Waals surface area contributed by atoms with Crippen molar-refractivity contribution in [3.05, 3.63) is 59.4 Å². The topological polar surface area (TPSA) is 76.0 Å². The summed E-state index contributed by atoms with van der Waals surface area (Å²) < 4.78 is 25.6. The molecule has 2 saturated carbocycles. The molecule has 2 N–H and O–H groups in total. The molecule has 6 heteroatoms. The van der Waals surface area contributed by atoms with Gasteiger partial charge in [-0.1, -0.05) is 12.1 Å². The van der Waals surface area contributed by atoms with E-state index < -0.39 is 17.4 Å². The maximum Gasteiger partial charge on any atom is 0.303 e. The molecule has 32 heavy (non-hydrogen) atoms. The first kappa shape index (κ1) is 22.6. The van der Waals surface area contributed by atoms with E-state index in [0.717, 1.165) is 37.0 Å². The number of methoxy groups -OCH3 is 1. The third-order valence-corrected chi connectivity index (χ3v) is 6.96. The molecule has 0 aromatic heterocycles. The highest BCUT2D eigenvalue weighted by molar-refractivity contribution is 5.68. The van der Waals surface area contributed by atoms with Gasteiger partial charge in [-0.2, -0.15) is 0 Å². The molecule has 0 radical (unpaired) electrons. The highest BCUT2D eigenvalue weighted by atomic mass is 19.1. The van der Waals surface area contributed by atoms with Gasteiger partial charge in [0.15, 0.2) is 0 Å². The zero-order valence-electron chi connectivity index (χ0n) is 18.4. The third-order valence-electron chi connectivity index (χ3n) is 6.96. The van der Waals surface area contributed by atoms with Gasteiger partial charge < -0.3 is 19.7 Å². The van der Waals surface area contributed by atoms with Crippen LogP contribution in [0, 0.1) is 17.7 Å². The van der Waals surface area contributed by atoms with Crippen LogP contribution in [-0.4, -0.2) is 29.9 Å². The minimum absolute atomic E-state index is 0.0403. The van der Waals surface area contributed by atoms with Gasteiger partial charge in [-0.25, -0.2) is 4.39 Å². The van der Waals surface area contributed by atoms with Crippen LogP contribution >= 0.6 is 0 Å². The zero-order valence-corrected chi connectivity index (χ0v) is 18.4. The summed E-state index contributed by atoms with van der Waals surface area (Å²) in [4.78, 5) is 11.3. The Morgan fingerprint density at radius 3 is 2.53 bits per heavy atom. The summed E-state index contributed by atoms with van der Waals surface area (Å²) in [6.07, 6.45) is 4.72. The van der Waals surface area contributed by atoms with Gasteiger partial charge in [0.25, 0.3) is 0 Å². The molecular formula is C26H31FO5. The van der Waals surface area contributed by atoms with Gasteiger partial charge in [-0.15, -0.1) is 0 Å². The van der Waals surface area contributed by atoms with Crippen molar-refractivity contribution in [1.82, 2.24) is 0 Å². The highest BCUT2D eigenvalue weighted by Gasteiger charge is 2.37. The maximum atomic E-state index is 14.4. The Labute approximate surface area is 188 Å². The smallest absolute Gasteiger partial charge is 0.303 e. The first-order chi connectivity index (χ1) is 15.4. The number of ether oxygens (including phenoxy) is 2. The molecule has 2 aromatic carbocycles. The van der Waals surface area contributed by atoms with Crippen molar-refractivity contribution in [3.63, 3.8) is 0 Å². The quantitative estimate of drug-likeness (QED) is 0.554. The summed E-state index contributed by atoms with van der Waals surface area (Å²) in [5, 5.41) is 20.3. The van der Waals surface area contributed by atoms with E-state index >= 15 is 0 Å². The molecule has 2 aliphatic rings. The molecule has 0 spiro atoms. The number of carboxylic acids is 1. The Morgan fingerprint density at radius 1 is 1.12 bits per heavy atom. The highest BCUT2D eigenvalue weighted by Crippen LogP contribution is 2.45. The lowest BCUT2D eigenvalue weighted by Crippen LogP contribution is -2.34. The van der Waals surface area contributed by atoms with Gasteiger partial charge in [0.05, 0.1) is 25.7 Å². The van der Waals surface area contributed by atoms with E-state index in [2.05, 4.69) is 0 Å². The number of aliphatic carboxylic acids is 1. The predicted octanol–water partition coefficient (Wildman–Crippen LogP) is 5.26. The van der Waals surface area contributed by atoms with Crippen LogP contribution in [0.25, 0.3) is 0 Å². The van der Waals surface area contributed by atoms with E-state index in [1.807, 2.05) is 24.3 Å². The molecular weight excluding hydrogens is 411 g/mol. The van der Waals surface area contributed by atoms with Crippen LogP contribution < -0.4 is 9.47 Å². The lowest BCUT2D eigenvalue weighted by Gasteiger charge is -2.36. The van der Waals surface area contributed by atoms with E-state index in [0.29, 0.717) is 36.7 Å². The van der Waals surface area contributed by atoms with Crippen molar-refractivity contribution in [1.29, 1.82) is 0 Å². The standard InChI is InChI=1S/C26H31FO5/c1-31-20-7-8-24(27)23(14-20)26(30)11-9-17(10-12-26)16-32-21-4-2-3-19(13-21)22(15-25(28)29)18-5-6-18/h2-4,7-8,13-14,17-18,22,30H,5-6,9-12,15-16H2,1H3,(H,28,29)/t17-,22?,26+. The molecule has 0 bridgehead atoms. The van der Waals surface area contributed by atoms with Crippen LogP contribution in [-0.2, 0) is 10.4 Å². The molecule has 2 fully saturated rings. The SMILES string of the molecule is COc1ccc(F)c([C@]2(O)CC[C@@H](COc3cccc(C(CC(=O)O)C4CC4)c3)CC2)c1. The Kier molecular flexibility index (Phi) is 6.70. The van der Waals surface area contributed by atoms with E-state index in [4.69, 9.17) is 9.47 Å². The molecule has 4 rings (SSSR count). The Morgan fingerprint density at radius 2 is 1.88 bits per heavy atom. The van der Waals surface area contributed by atoms with Crippen LogP contribution in [0.1, 0.15) is 62.0 Å². The third kappa shape index (κ3) is 5.23. The van der Waals surface area contributed by atoms with Gasteiger partial charge in [0, 0.05) is 5.56 Å². The van der Waals surface area contributed by atoms with Gasteiger partial charge in [0.1, 0.15) is 17.3 Å². The second kappa shape index (κ2) is 9.49. The Hall–Kier alpha value is -2.60. The van der Waals surface area contributed by atoms with Crippen molar-refractivity contribution >= 4 is 5.97 Å². The van der Waals surface area contributed by atoms with Crippen LogP contribution in [0.15, 0.2) is 42.5 Å². The first-order valence-corrected chi connectivity index (χ1v) is 11.4. The van der Waals surface area contributed by atoms with Crippen molar-refractivity contribution < 1.29 is 28.9 Å². The number of aliphatic hydroxyl groups is 1. The molecule has 0 saturated heterocycles. The number of carbonyl (C=O) groups is 1. The number of hydrogen-bond acceptors (Lipinski definition) is 4. The molecule has 0 heterocycles. The Balaban J connectivity index is 1.35. The fourth-order valence-electron chi connectivity index (χ4n) is 4.87. The number of rotatable bonds is 9. The normalized spacial score (nSPS) is 24.0. The number of benzene rings is 2. The number of carboxylic acid groups (broad SMARTS) is 1. The van der Waals surface area contributed by atoms with Gasteiger partial charge in [-0.05, 0) is 92.2 Å². The molecule has 2 aliphatic carbocycles. The number of hydrogen-bond donors (Lipinski definition) is 2. The molecule has 172 valence electrons. The van der Waals surface area contributed by atoms with Crippen molar-refractivity contribution in [3.8, 4) is 11.5 Å². The summed E-state index contributed by atoms with van der Waals surface area (Å²) in [5.74, 6) is 0.867. The van der Waals surface area contributed by atoms with Crippen LogP contribution in [0.2, 0.25) is 0 Å². The fraction of sp³-hybridized carbons (Fsp3) is 0.500. The van der Waals surface area contributed by atoms with E-state index in [-0.39, 0.29) is 18.3 Å². The molecule has 0 amide bonds. The molecule has 1 atom stereocenters. The van der Waals surface area contributed by atoms with Crippen LogP contribution in [0.4, 0.5) is 4.39 Å². The molecule has 5 nitrogen and oxygen atoms in total. The lowest BCUT2D eigenvalue weighted by molar-refractivity contribution is -0.137. The van der Waals surface area contributed by atoms with E-state index in [9.17, 15) is 19.4 Å². The van der Waals surface area contributed by atoms with E-state index in [1.165, 1.54) is 13.2 Å². The van der Waals surface area contributed by atoms with Crippen molar-refractivity contribution in [2.45, 2.75) is 56.5 Å². The second-order valence-corrected chi connectivity index (χ2v) is 9.25. The average molecular weight is 443 g/mol. The van der Waals surface area contributed by atoms with Crippen LogP contribution in [0.3, 0.4) is 0 Å².